The smallest absolute Gasteiger partial charge is 0.303 e. The molecule has 0 aliphatic heterocycles. The van der Waals surface area contributed by atoms with E-state index in [1.165, 1.54) is 13.2 Å². The normalized spacial score (nSPS) is 10.2. The van der Waals surface area contributed by atoms with Gasteiger partial charge in [0.25, 0.3) is 6.47 Å². The van der Waals surface area contributed by atoms with Gasteiger partial charge in [0.2, 0.25) is 0 Å². The second-order valence-electron chi connectivity index (χ2n) is 5.73. The van der Waals surface area contributed by atoms with Gasteiger partial charge in [-0.15, -0.1) is 0 Å². The molecule has 0 unspecified atom stereocenters. The standard InChI is InChI=1S/C18H17ClFN3O3.CH2O2/c1-26-13-5-2-4-12(20)16(13)17-18(21-9-3-6-15(24)25)23-10-11(19)7-8-14(23)22-17;2-1-3/h2,4-5,7-8,10,21H,3,6,9H2,1H3,(H,24,25);1H,(H,2,3). The maximum Gasteiger partial charge on any atom is 0.303 e. The number of carbonyl (C=O) groups is 2. The molecule has 3 rings (SSSR count). The molecule has 3 aromatic rings. The number of anilines is 1. The number of aliphatic carboxylic acids is 1. The number of rotatable bonds is 7. The highest BCUT2D eigenvalue weighted by Gasteiger charge is 2.21. The Morgan fingerprint density at radius 3 is 2.76 bits per heavy atom. The fourth-order valence-electron chi connectivity index (χ4n) is 2.71. The molecule has 0 atom stereocenters. The van der Waals surface area contributed by atoms with Gasteiger partial charge in [-0.05, 0) is 30.7 Å². The number of methoxy groups -OCH3 is 1. The number of imidazole rings is 1. The van der Waals surface area contributed by atoms with Crippen molar-refractivity contribution in [1.82, 2.24) is 9.38 Å². The van der Waals surface area contributed by atoms with Gasteiger partial charge in [0.05, 0.1) is 17.7 Å². The van der Waals surface area contributed by atoms with E-state index < -0.39 is 11.8 Å². The minimum atomic E-state index is -0.871. The van der Waals surface area contributed by atoms with Crippen LogP contribution in [0.15, 0.2) is 36.5 Å². The van der Waals surface area contributed by atoms with Crippen LogP contribution in [0.5, 0.6) is 5.75 Å². The number of hydrogen-bond acceptors (Lipinski definition) is 5. The van der Waals surface area contributed by atoms with Crippen molar-refractivity contribution in [3.05, 3.63) is 47.4 Å². The molecule has 154 valence electrons. The van der Waals surface area contributed by atoms with Crippen molar-refractivity contribution in [2.75, 3.05) is 19.0 Å². The van der Waals surface area contributed by atoms with Crippen LogP contribution in [0, 0.1) is 5.82 Å². The first-order valence-electron chi connectivity index (χ1n) is 8.47. The van der Waals surface area contributed by atoms with E-state index in [1.807, 2.05) is 0 Å². The number of aromatic nitrogens is 2. The second kappa shape index (κ2) is 10.3. The lowest BCUT2D eigenvalue weighted by Crippen LogP contribution is -2.08. The summed E-state index contributed by atoms with van der Waals surface area (Å²) in [5, 5.41) is 19.3. The van der Waals surface area contributed by atoms with E-state index in [0.29, 0.717) is 40.9 Å². The maximum atomic E-state index is 14.5. The average molecular weight is 424 g/mol. The fourth-order valence-corrected chi connectivity index (χ4v) is 2.87. The molecule has 0 spiro atoms. The highest BCUT2D eigenvalue weighted by molar-refractivity contribution is 6.30. The molecular weight excluding hydrogens is 405 g/mol. The summed E-state index contributed by atoms with van der Waals surface area (Å²) in [5.41, 5.74) is 1.18. The van der Waals surface area contributed by atoms with E-state index in [9.17, 15) is 9.18 Å². The Bertz CT molecular complexity index is 1010. The number of hydrogen-bond donors (Lipinski definition) is 3. The number of ether oxygens (including phenoxy) is 1. The predicted molar refractivity (Wildman–Crippen MR) is 106 cm³/mol. The maximum absolute atomic E-state index is 14.5. The molecule has 29 heavy (non-hydrogen) atoms. The topological polar surface area (TPSA) is 113 Å². The number of pyridine rings is 1. The molecule has 0 aliphatic rings. The van der Waals surface area contributed by atoms with E-state index in [4.69, 9.17) is 31.3 Å². The monoisotopic (exact) mass is 423 g/mol. The molecule has 0 aliphatic carbocycles. The van der Waals surface area contributed by atoms with Crippen molar-refractivity contribution in [2.45, 2.75) is 12.8 Å². The van der Waals surface area contributed by atoms with E-state index in [1.54, 1.807) is 34.9 Å². The fraction of sp³-hybridized carbons (Fsp3) is 0.211. The van der Waals surface area contributed by atoms with Crippen LogP contribution in [0.25, 0.3) is 16.9 Å². The zero-order valence-corrected chi connectivity index (χ0v) is 16.2. The molecule has 1 aromatic carbocycles. The van der Waals surface area contributed by atoms with Crippen molar-refractivity contribution in [1.29, 1.82) is 0 Å². The van der Waals surface area contributed by atoms with E-state index in [-0.39, 0.29) is 18.5 Å². The third kappa shape index (κ3) is 5.35. The van der Waals surface area contributed by atoms with Crippen LogP contribution in [0.1, 0.15) is 12.8 Å². The minimum absolute atomic E-state index is 0.0306. The van der Waals surface area contributed by atoms with Gasteiger partial charge in [0.15, 0.2) is 0 Å². The Balaban J connectivity index is 0.000000941. The molecule has 0 fully saturated rings. The molecular formula is C19H19ClFN3O5. The quantitative estimate of drug-likeness (QED) is 0.391. The van der Waals surface area contributed by atoms with Gasteiger partial charge in [-0.2, -0.15) is 0 Å². The highest BCUT2D eigenvalue weighted by Crippen LogP contribution is 2.37. The van der Waals surface area contributed by atoms with Crippen LogP contribution in [-0.4, -0.2) is 45.7 Å². The first-order chi connectivity index (χ1) is 13.9. The van der Waals surface area contributed by atoms with Gasteiger partial charge in [0.1, 0.15) is 28.7 Å². The lowest BCUT2D eigenvalue weighted by Gasteiger charge is -2.11. The van der Waals surface area contributed by atoms with Crippen LogP contribution in [0.3, 0.4) is 0 Å². The average Bonchev–Trinajstić information content (AvgIpc) is 3.02. The Labute approximate surface area is 170 Å². The number of nitrogens with one attached hydrogen (secondary N) is 1. The van der Waals surface area contributed by atoms with Gasteiger partial charge in [0, 0.05) is 19.2 Å². The number of fused-ring (bicyclic) bond motifs is 1. The first-order valence-corrected chi connectivity index (χ1v) is 8.84. The Hall–Kier alpha value is -3.33. The van der Waals surface area contributed by atoms with Crippen molar-refractivity contribution < 1.29 is 28.9 Å². The molecule has 10 heteroatoms. The summed E-state index contributed by atoms with van der Waals surface area (Å²) in [4.78, 5) is 23.6. The third-order valence-corrected chi connectivity index (χ3v) is 4.10. The lowest BCUT2D eigenvalue weighted by atomic mass is 10.1. The largest absolute Gasteiger partial charge is 0.496 e. The van der Waals surface area contributed by atoms with E-state index in [0.717, 1.165) is 0 Å². The summed E-state index contributed by atoms with van der Waals surface area (Å²) in [5.74, 6) is -0.458. The van der Waals surface area contributed by atoms with Gasteiger partial charge in [-0.1, -0.05) is 17.7 Å². The van der Waals surface area contributed by atoms with Crippen molar-refractivity contribution in [2.24, 2.45) is 0 Å². The Morgan fingerprint density at radius 1 is 1.38 bits per heavy atom. The van der Waals surface area contributed by atoms with Crippen molar-refractivity contribution >= 4 is 35.5 Å². The molecule has 0 amide bonds. The van der Waals surface area contributed by atoms with Gasteiger partial charge in [-0.25, -0.2) is 9.37 Å². The number of nitrogens with zero attached hydrogens (tertiary/aromatic N) is 2. The molecule has 2 heterocycles. The van der Waals surface area contributed by atoms with Gasteiger partial charge < -0.3 is 20.3 Å². The SMILES string of the molecule is COc1cccc(F)c1-c1nc2ccc(Cl)cn2c1NCCCC(=O)O.O=CO. The summed E-state index contributed by atoms with van der Waals surface area (Å²) < 4.78 is 21.5. The second-order valence-corrected chi connectivity index (χ2v) is 6.17. The van der Waals surface area contributed by atoms with E-state index in [2.05, 4.69) is 10.3 Å². The summed E-state index contributed by atoms with van der Waals surface area (Å²) >= 11 is 6.09. The van der Waals surface area contributed by atoms with Crippen LogP contribution >= 0.6 is 11.6 Å². The molecule has 0 saturated carbocycles. The summed E-state index contributed by atoms with van der Waals surface area (Å²) in [6.45, 7) is 0.135. The summed E-state index contributed by atoms with van der Waals surface area (Å²) in [6.07, 6.45) is 2.11. The molecule has 3 N–H and O–H groups in total. The zero-order chi connectivity index (χ0) is 21.4. The van der Waals surface area contributed by atoms with Crippen LogP contribution in [0.2, 0.25) is 5.02 Å². The summed E-state index contributed by atoms with van der Waals surface area (Å²) in [7, 11) is 1.46. The summed E-state index contributed by atoms with van der Waals surface area (Å²) in [6, 6.07) is 7.97. The van der Waals surface area contributed by atoms with Crippen LogP contribution in [0.4, 0.5) is 10.2 Å². The molecule has 8 nitrogen and oxygen atoms in total. The molecule has 0 saturated heterocycles. The molecule has 2 aromatic heterocycles. The van der Waals surface area contributed by atoms with Gasteiger partial charge in [-0.3, -0.25) is 14.0 Å². The molecule has 0 radical (unpaired) electrons. The number of carboxylic acid groups (broad SMARTS) is 2. The van der Waals surface area contributed by atoms with Crippen LogP contribution in [-0.2, 0) is 9.59 Å². The number of halogens is 2. The molecule has 0 bridgehead atoms. The lowest BCUT2D eigenvalue weighted by molar-refractivity contribution is -0.137. The number of benzene rings is 1. The Morgan fingerprint density at radius 2 is 2.10 bits per heavy atom. The highest BCUT2D eigenvalue weighted by atomic mass is 35.5. The predicted octanol–water partition coefficient (Wildman–Crippen LogP) is 3.78. The van der Waals surface area contributed by atoms with Gasteiger partial charge >= 0.3 is 5.97 Å². The Kier molecular flexibility index (Phi) is 7.79. The number of carboxylic acids is 1. The zero-order valence-electron chi connectivity index (χ0n) is 15.4. The van der Waals surface area contributed by atoms with Crippen molar-refractivity contribution in [3.63, 3.8) is 0 Å². The van der Waals surface area contributed by atoms with Crippen molar-refractivity contribution in [3.8, 4) is 17.0 Å². The van der Waals surface area contributed by atoms with Crippen LogP contribution < -0.4 is 10.1 Å². The van der Waals surface area contributed by atoms with E-state index >= 15 is 0 Å². The minimum Gasteiger partial charge on any atom is -0.496 e. The third-order valence-electron chi connectivity index (χ3n) is 3.87. The first kappa shape index (κ1) is 22.0.